The first-order valence-corrected chi connectivity index (χ1v) is 23.1. The molecule has 6 aromatic carbocycles. The summed E-state index contributed by atoms with van der Waals surface area (Å²) < 4.78 is 1.52. The van der Waals surface area contributed by atoms with Crippen molar-refractivity contribution in [3.63, 3.8) is 0 Å². The summed E-state index contributed by atoms with van der Waals surface area (Å²) in [4.78, 5) is 0. The van der Waals surface area contributed by atoms with Crippen molar-refractivity contribution in [3.05, 3.63) is 215 Å². The third kappa shape index (κ3) is 9.13. The molecule has 59 heavy (non-hydrogen) atoms. The molecule has 1 unspecified atom stereocenters. The van der Waals surface area contributed by atoms with Crippen LogP contribution in [0.5, 0.6) is 0 Å². The molecule has 0 fully saturated rings. The van der Waals surface area contributed by atoms with E-state index in [9.17, 15) is 0 Å². The molecule has 0 heterocycles. The fraction of sp³-hybridized carbons (Fsp3) is 0.259. The maximum Gasteiger partial charge on any atom is -1.00 e. The van der Waals surface area contributed by atoms with E-state index >= 15 is 0 Å². The van der Waals surface area contributed by atoms with Gasteiger partial charge in [-0.05, 0) is 0 Å². The molecule has 0 saturated heterocycles. The van der Waals surface area contributed by atoms with Crippen molar-refractivity contribution in [2.75, 3.05) is 0 Å². The van der Waals surface area contributed by atoms with Gasteiger partial charge in [0.25, 0.3) is 0 Å². The van der Waals surface area contributed by atoms with Crippen LogP contribution in [0.3, 0.4) is 0 Å². The summed E-state index contributed by atoms with van der Waals surface area (Å²) >= 11 is 2.46. The average Bonchev–Trinajstić information content (AvgIpc) is 3.28. The number of hydrogen-bond acceptors (Lipinski definition) is 0. The Kier molecular flexibility index (Phi) is 16.0. The zero-order chi connectivity index (χ0) is 39.9. The van der Waals surface area contributed by atoms with Gasteiger partial charge in [-0.2, -0.15) is 0 Å². The Balaban J connectivity index is 0.00000256. The van der Waals surface area contributed by atoms with E-state index in [1.54, 1.807) is 0 Å². The van der Waals surface area contributed by atoms with Gasteiger partial charge >= 0.3 is 352 Å². The number of allylic oxidation sites excluding steroid dienone is 4. The number of benzene rings is 6. The van der Waals surface area contributed by atoms with E-state index < -0.39 is 8.07 Å². The second-order valence-corrected chi connectivity index (χ2v) is 22.0. The zero-order valence-electron chi connectivity index (χ0n) is 36.4. The average molecular weight is 888 g/mol. The van der Waals surface area contributed by atoms with E-state index in [-0.39, 0.29) is 42.3 Å². The van der Waals surface area contributed by atoms with Crippen LogP contribution in [0.15, 0.2) is 148 Å². The van der Waals surface area contributed by atoms with Crippen LogP contribution in [0.4, 0.5) is 0 Å². The molecule has 0 amide bonds. The zero-order valence-corrected chi connectivity index (χ0v) is 41.2. The molecule has 0 bridgehead atoms. The van der Waals surface area contributed by atoms with Crippen LogP contribution in [0.25, 0.3) is 0 Å². The number of aryl methyl sites for hydroxylation is 6. The first kappa shape index (κ1) is 48.3. The number of rotatable bonds is 10. The van der Waals surface area contributed by atoms with E-state index in [1.807, 2.05) is 0 Å². The first-order valence-electron chi connectivity index (χ1n) is 20.3. The molecule has 1 aliphatic carbocycles. The van der Waals surface area contributed by atoms with Crippen molar-refractivity contribution in [1.82, 2.24) is 0 Å². The summed E-state index contributed by atoms with van der Waals surface area (Å²) in [6.07, 6.45) is 2.68. The molecule has 0 radical (unpaired) electrons. The van der Waals surface area contributed by atoms with Crippen LogP contribution in [0.1, 0.15) is 94.5 Å². The summed E-state index contributed by atoms with van der Waals surface area (Å²) in [6, 6.07) is 50.1. The fourth-order valence-electron chi connectivity index (χ4n) is 10.4. The van der Waals surface area contributed by atoms with E-state index in [1.165, 1.54) is 103 Å². The standard InChI is InChI=1S/C54H57Si.3ClH.Ti/c1-36-23-37(2)27-45(26-36)32-48-17-11-14-20-51(48)55(54(10)35-42(7)43(8)44(54)9,52-21-15-12-18-49(52)33-46-28-38(3)24-39(4)29-46)53-22-16-13-19-50(53)34-47-30-40(5)25-41(6)31-47;;;;/h11-31H,32-34H2,1-10H3;3*1H;/q;;;;+3/p-3. The van der Waals surface area contributed by atoms with E-state index in [2.05, 4.69) is 217 Å². The molecule has 302 valence electrons. The molecule has 6 aromatic rings. The van der Waals surface area contributed by atoms with Gasteiger partial charge in [-0.25, -0.2) is 0 Å². The molecule has 0 N–H and O–H groups in total. The third-order valence-electron chi connectivity index (χ3n) is 12.8. The molecule has 5 heteroatoms. The van der Waals surface area contributed by atoms with Crippen LogP contribution in [-0.2, 0) is 39.7 Å². The summed E-state index contributed by atoms with van der Waals surface area (Å²) in [7, 11) is -3.12. The summed E-state index contributed by atoms with van der Waals surface area (Å²) in [5, 5.41) is 4.35. The SMILES string of the molecule is CC1=C(C)C(C)([Si](c2ccccc2Cc2cc(C)cc(C)c2)(c2ccccc2Cc2cc(C)cc(C)c2)c2ccccc2Cc2cc(C)cc(C)c2)[C]([Ti+3])=C1C.[Cl-].[Cl-].[Cl-]. The number of hydrogen-bond donors (Lipinski definition) is 0. The second kappa shape index (κ2) is 19.5. The summed E-state index contributed by atoms with van der Waals surface area (Å²) in [5.41, 5.74) is 20.8. The van der Waals surface area contributed by atoms with Crippen LogP contribution < -0.4 is 52.8 Å². The Morgan fingerprint density at radius 3 is 0.932 bits per heavy atom. The Hall–Kier alpha value is -3.40. The molecule has 0 nitrogen and oxygen atoms in total. The molecule has 0 saturated carbocycles. The normalized spacial score (nSPS) is 15.1. The summed E-state index contributed by atoms with van der Waals surface area (Å²) in [5.74, 6) is 0. The predicted molar refractivity (Wildman–Crippen MR) is 240 cm³/mol. The van der Waals surface area contributed by atoms with Gasteiger partial charge in [0.15, 0.2) is 0 Å². The van der Waals surface area contributed by atoms with Gasteiger partial charge in [-0.3, -0.25) is 0 Å². The molecule has 1 aliphatic rings. The minimum atomic E-state index is -3.12. The van der Waals surface area contributed by atoms with Crippen LogP contribution in [0, 0.1) is 41.5 Å². The molecule has 1 atom stereocenters. The molecular formula is C54H57Cl3SiTi. The minimum absolute atomic E-state index is 0. The van der Waals surface area contributed by atoms with Crippen LogP contribution >= 0.6 is 0 Å². The summed E-state index contributed by atoms with van der Waals surface area (Å²) in [6.45, 7) is 23.3. The Bertz CT molecular complexity index is 2230. The molecular weight excluding hydrogens is 831 g/mol. The molecule has 0 aliphatic heterocycles. The molecule has 0 aromatic heterocycles. The van der Waals surface area contributed by atoms with Crippen molar-refractivity contribution >= 4 is 23.6 Å². The first-order chi connectivity index (χ1) is 26.7. The Labute approximate surface area is 386 Å². The predicted octanol–water partition coefficient (Wildman–Crippen LogP) is 2.72. The Morgan fingerprint density at radius 1 is 0.407 bits per heavy atom. The van der Waals surface area contributed by atoms with Crippen molar-refractivity contribution in [1.29, 1.82) is 0 Å². The monoisotopic (exact) mass is 886 g/mol. The van der Waals surface area contributed by atoms with Gasteiger partial charge in [0, 0.05) is 0 Å². The smallest absolute Gasteiger partial charge is 1.00 e. The maximum atomic E-state index is 2.64. The topological polar surface area (TPSA) is 0 Å². The second-order valence-electron chi connectivity index (χ2n) is 17.1. The quantitative estimate of drug-likeness (QED) is 0.147. The van der Waals surface area contributed by atoms with Crippen LogP contribution in [0.2, 0.25) is 5.04 Å². The van der Waals surface area contributed by atoms with E-state index in [4.69, 9.17) is 0 Å². The fourth-order valence-corrected chi connectivity index (χ4v) is 18.7. The third-order valence-corrected chi connectivity index (χ3v) is 20.6. The van der Waals surface area contributed by atoms with Crippen molar-refractivity contribution in [2.24, 2.45) is 0 Å². The number of halogens is 3. The molecule has 0 spiro atoms. The van der Waals surface area contributed by atoms with Gasteiger partial charge < -0.3 is 37.2 Å². The van der Waals surface area contributed by atoms with Gasteiger partial charge in [0.05, 0.1) is 0 Å². The molecule has 7 rings (SSSR count). The van der Waals surface area contributed by atoms with Crippen molar-refractivity contribution in [3.8, 4) is 0 Å². The van der Waals surface area contributed by atoms with Gasteiger partial charge in [0.2, 0.25) is 0 Å². The maximum absolute atomic E-state index is 3.12. The van der Waals surface area contributed by atoms with Gasteiger partial charge in [-0.15, -0.1) is 0 Å². The minimum Gasteiger partial charge on any atom is -1.00 e. The van der Waals surface area contributed by atoms with E-state index in [0.29, 0.717) is 0 Å². The van der Waals surface area contributed by atoms with Gasteiger partial charge in [0.1, 0.15) is 0 Å². The van der Waals surface area contributed by atoms with Crippen LogP contribution in [-0.4, -0.2) is 8.07 Å². The van der Waals surface area contributed by atoms with Crippen molar-refractivity contribution < 1.29 is 57.7 Å². The Morgan fingerprint density at radius 2 is 0.678 bits per heavy atom. The van der Waals surface area contributed by atoms with Crippen molar-refractivity contribution in [2.45, 2.75) is 93.5 Å². The largest absolute Gasteiger partial charge is 1.00 e. The van der Waals surface area contributed by atoms with E-state index in [0.717, 1.165) is 19.3 Å². The van der Waals surface area contributed by atoms with Gasteiger partial charge in [-0.1, -0.05) is 0 Å².